The van der Waals surface area contributed by atoms with Crippen LogP contribution in [0.5, 0.6) is 0 Å². The van der Waals surface area contributed by atoms with Crippen LogP contribution >= 0.6 is 27.3 Å². The number of hydrogen-bond acceptors (Lipinski definition) is 3. The molecule has 2 rings (SSSR count). The third kappa shape index (κ3) is 3.65. The first-order valence-electron chi connectivity index (χ1n) is 6.43. The Balaban J connectivity index is 2.41. The Labute approximate surface area is 127 Å². The van der Waals surface area contributed by atoms with E-state index in [4.69, 9.17) is 4.98 Å². The number of hydrogen-bond donors (Lipinski definition) is 1. The molecular weight excluding hydrogens is 320 g/mol. The highest BCUT2D eigenvalue weighted by Crippen LogP contribution is 2.29. The standard InChI is InChI=1S/C15H19BrN2S/c1-9(2)17-14(12-6-5-7-13(16)8-12)15-18-10(3)11(4)19-15/h5-9,14,17H,1-4H3. The first-order valence-corrected chi connectivity index (χ1v) is 8.03. The Kier molecular flexibility index (Phi) is 4.76. The lowest BCUT2D eigenvalue weighted by Gasteiger charge is -2.20. The van der Waals surface area contributed by atoms with Crippen molar-refractivity contribution in [2.75, 3.05) is 0 Å². The first-order chi connectivity index (χ1) is 8.97. The molecule has 19 heavy (non-hydrogen) atoms. The van der Waals surface area contributed by atoms with Gasteiger partial charge in [0.1, 0.15) is 5.01 Å². The van der Waals surface area contributed by atoms with E-state index in [1.807, 2.05) is 6.07 Å². The molecule has 4 heteroatoms. The van der Waals surface area contributed by atoms with E-state index >= 15 is 0 Å². The van der Waals surface area contributed by atoms with Gasteiger partial charge in [-0.25, -0.2) is 4.98 Å². The largest absolute Gasteiger partial charge is 0.302 e. The molecule has 1 aromatic carbocycles. The Bertz CT molecular complexity index is 544. The third-order valence-electron chi connectivity index (χ3n) is 2.97. The van der Waals surface area contributed by atoms with Gasteiger partial charge in [0.15, 0.2) is 0 Å². The molecule has 2 nitrogen and oxygen atoms in total. The summed E-state index contributed by atoms with van der Waals surface area (Å²) in [5.74, 6) is 0. The summed E-state index contributed by atoms with van der Waals surface area (Å²) in [7, 11) is 0. The van der Waals surface area contributed by atoms with E-state index in [9.17, 15) is 0 Å². The summed E-state index contributed by atoms with van der Waals surface area (Å²) in [6, 6.07) is 9.00. The van der Waals surface area contributed by atoms with Crippen LogP contribution in [0.25, 0.3) is 0 Å². The van der Waals surface area contributed by atoms with E-state index in [1.165, 1.54) is 10.4 Å². The van der Waals surface area contributed by atoms with E-state index in [1.54, 1.807) is 11.3 Å². The zero-order chi connectivity index (χ0) is 14.0. The van der Waals surface area contributed by atoms with Crippen molar-refractivity contribution in [3.63, 3.8) is 0 Å². The first kappa shape index (κ1) is 14.7. The fourth-order valence-electron chi connectivity index (χ4n) is 1.95. The highest BCUT2D eigenvalue weighted by molar-refractivity contribution is 9.10. The minimum atomic E-state index is 0.162. The normalized spacial score (nSPS) is 12.9. The van der Waals surface area contributed by atoms with Gasteiger partial charge in [-0.3, -0.25) is 0 Å². The Morgan fingerprint density at radius 2 is 2.00 bits per heavy atom. The van der Waals surface area contributed by atoms with E-state index in [0.29, 0.717) is 6.04 Å². The van der Waals surface area contributed by atoms with Crippen LogP contribution in [0.15, 0.2) is 28.7 Å². The third-order valence-corrected chi connectivity index (χ3v) is 4.61. The quantitative estimate of drug-likeness (QED) is 0.880. The number of rotatable bonds is 4. The van der Waals surface area contributed by atoms with E-state index in [-0.39, 0.29) is 6.04 Å². The van der Waals surface area contributed by atoms with Crippen molar-refractivity contribution in [1.82, 2.24) is 10.3 Å². The second-order valence-electron chi connectivity index (χ2n) is 5.00. The van der Waals surface area contributed by atoms with E-state index in [0.717, 1.165) is 15.2 Å². The second kappa shape index (κ2) is 6.16. The predicted octanol–water partition coefficient (Wildman–Crippen LogP) is 4.61. The summed E-state index contributed by atoms with van der Waals surface area (Å²) in [5.41, 5.74) is 2.38. The van der Waals surface area contributed by atoms with Gasteiger partial charge in [0.05, 0.1) is 11.7 Å². The molecule has 0 radical (unpaired) electrons. The molecule has 1 N–H and O–H groups in total. The summed E-state index contributed by atoms with van der Waals surface area (Å²) in [5, 5.41) is 4.75. The molecule has 1 heterocycles. The van der Waals surface area contributed by atoms with Gasteiger partial charge in [-0.15, -0.1) is 11.3 Å². The van der Waals surface area contributed by atoms with Gasteiger partial charge < -0.3 is 5.32 Å². The number of thiazole rings is 1. The van der Waals surface area contributed by atoms with Crippen LogP contribution < -0.4 is 5.32 Å². The molecule has 102 valence electrons. The molecule has 0 fully saturated rings. The lowest BCUT2D eigenvalue weighted by atomic mass is 10.1. The molecular formula is C15H19BrN2S. The maximum absolute atomic E-state index is 4.71. The lowest BCUT2D eigenvalue weighted by Crippen LogP contribution is -2.28. The fraction of sp³-hybridized carbons (Fsp3) is 0.400. The van der Waals surface area contributed by atoms with Crippen molar-refractivity contribution < 1.29 is 0 Å². The van der Waals surface area contributed by atoms with E-state index < -0.39 is 0 Å². The SMILES string of the molecule is Cc1nc(C(NC(C)C)c2cccc(Br)c2)sc1C. The number of halogens is 1. The molecule has 0 saturated heterocycles. The van der Waals surface area contributed by atoms with Crippen LogP contribution in [0.3, 0.4) is 0 Å². The minimum Gasteiger partial charge on any atom is -0.302 e. The minimum absolute atomic E-state index is 0.162. The maximum Gasteiger partial charge on any atom is 0.115 e. The smallest absolute Gasteiger partial charge is 0.115 e. The second-order valence-corrected chi connectivity index (χ2v) is 7.15. The number of aryl methyl sites for hydroxylation is 2. The maximum atomic E-state index is 4.71. The van der Waals surface area contributed by atoms with Gasteiger partial charge in [0.25, 0.3) is 0 Å². The van der Waals surface area contributed by atoms with Gasteiger partial charge in [0, 0.05) is 15.4 Å². The van der Waals surface area contributed by atoms with Crippen molar-refractivity contribution in [2.45, 2.75) is 39.8 Å². The van der Waals surface area contributed by atoms with Crippen molar-refractivity contribution in [2.24, 2.45) is 0 Å². The number of benzene rings is 1. The van der Waals surface area contributed by atoms with Gasteiger partial charge in [0.2, 0.25) is 0 Å². The van der Waals surface area contributed by atoms with E-state index in [2.05, 4.69) is 67.1 Å². The van der Waals surface area contributed by atoms with Crippen molar-refractivity contribution >= 4 is 27.3 Å². The average Bonchev–Trinajstić information content (AvgIpc) is 2.66. The molecule has 1 atom stereocenters. The van der Waals surface area contributed by atoms with Crippen LogP contribution in [0.2, 0.25) is 0 Å². The molecule has 0 aliphatic carbocycles. The molecule has 2 aromatic rings. The van der Waals surface area contributed by atoms with Gasteiger partial charge >= 0.3 is 0 Å². The molecule has 0 amide bonds. The Hall–Kier alpha value is -0.710. The van der Waals surface area contributed by atoms with Crippen molar-refractivity contribution in [1.29, 1.82) is 0 Å². The van der Waals surface area contributed by atoms with Crippen LogP contribution in [-0.2, 0) is 0 Å². The molecule has 0 saturated carbocycles. The van der Waals surface area contributed by atoms with Crippen LogP contribution in [0.4, 0.5) is 0 Å². The van der Waals surface area contributed by atoms with Crippen molar-refractivity contribution in [3.05, 3.63) is 49.9 Å². The fourth-order valence-corrected chi connectivity index (χ4v) is 3.38. The molecule has 0 aliphatic rings. The number of nitrogens with one attached hydrogen (secondary N) is 1. The molecule has 1 unspecified atom stereocenters. The summed E-state index contributed by atoms with van der Waals surface area (Å²) in [6.07, 6.45) is 0. The average molecular weight is 339 g/mol. The van der Waals surface area contributed by atoms with Gasteiger partial charge in [-0.1, -0.05) is 28.1 Å². The lowest BCUT2D eigenvalue weighted by molar-refractivity contribution is 0.526. The highest BCUT2D eigenvalue weighted by atomic mass is 79.9. The number of nitrogens with zero attached hydrogens (tertiary/aromatic N) is 1. The summed E-state index contributed by atoms with van der Waals surface area (Å²) in [6.45, 7) is 8.53. The number of aromatic nitrogens is 1. The predicted molar refractivity (Wildman–Crippen MR) is 85.8 cm³/mol. The molecule has 1 aromatic heterocycles. The topological polar surface area (TPSA) is 24.9 Å². The zero-order valence-corrected chi connectivity index (χ0v) is 14.1. The summed E-state index contributed by atoms with van der Waals surface area (Å²) < 4.78 is 1.10. The van der Waals surface area contributed by atoms with Crippen LogP contribution in [-0.4, -0.2) is 11.0 Å². The van der Waals surface area contributed by atoms with Crippen LogP contribution in [0.1, 0.15) is 41.0 Å². The molecule has 0 spiro atoms. The van der Waals surface area contributed by atoms with Crippen LogP contribution in [0, 0.1) is 13.8 Å². The zero-order valence-electron chi connectivity index (χ0n) is 11.7. The monoisotopic (exact) mass is 338 g/mol. The molecule has 0 bridgehead atoms. The Morgan fingerprint density at radius 3 is 2.53 bits per heavy atom. The molecule has 0 aliphatic heterocycles. The van der Waals surface area contributed by atoms with Gasteiger partial charge in [-0.2, -0.15) is 0 Å². The Morgan fingerprint density at radius 1 is 1.26 bits per heavy atom. The summed E-state index contributed by atoms with van der Waals surface area (Å²) >= 11 is 5.32. The summed E-state index contributed by atoms with van der Waals surface area (Å²) in [4.78, 5) is 6.00. The van der Waals surface area contributed by atoms with Crippen molar-refractivity contribution in [3.8, 4) is 0 Å². The van der Waals surface area contributed by atoms with Gasteiger partial charge in [-0.05, 0) is 45.4 Å². The highest BCUT2D eigenvalue weighted by Gasteiger charge is 2.19.